The highest BCUT2D eigenvalue weighted by molar-refractivity contribution is 7.89. The second-order valence-corrected chi connectivity index (χ2v) is 10.5. The van der Waals surface area contributed by atoms with Crippen LogP contribution in [0.4, 0.5) is 0 Å². The molecule has 2 aromatic heterocycles. The molecule has 0 bridgehead atoms. The van der Waals surface area contributed by atoms with Crippen LogP contribution in [0.1, 0.15) is 30.6 Å². The molecule has 0 atom stereocenters. The van der Waals surface area contributed by atoms with Crippen LogP contribution in [0.25, 0.3) is 22.2 Å². The zero-order valence-electron chi connectivity index (χ0n) is 17.0. The van der Waals surface area contributed by atoms with E-state index in [1.807, 2.05) is 30.3 Å². The highest BCUT2D eigenvalue weighted by Crippen LogP contribution is 2.33. The smallest absolute Gasteiger partial charge is 0.268 e. The molecule has 0 radical (unpaired) electrons. The lowest BCUT2D eigenvalue weighted by molar-refractivity contribution is 0.290. The van der Waals surface area contributed by atoms with E-state index in [9.17, 15) is 8.42 Å². The van der Waals surface area contributed by atoms with E-state index >= 15 is 0 Å². The van der Waals surface area contributed by atoms with Gasteiger partial charge in [-0.05, 0) is 38.9 Å². The molecule has 0 spiro atoms. The maximum Gasteiger partial charge on any atom is 0.268 e. The molecule has 3 heterocycles. The second kappa shape index (κ2) is 9.38. The Morgan fingerprint density at radius 1 is 1.13 bits per heavy atom. The fraction of sp³-hybridized carbons (Fsp3) is 0.429. The summed E-state index contributed by atoms with van der Waals surface area (Å²) in [4.78, 5) is 8.39. The monoisotopic (exact) mass is 446 g/mol. The van der Waals surface area contributed by atoms with Gasteiger partial charge in [-0.2, -0.15) is 4.98 Å². The molecule has 3 aromatic rings. The van der Waals surface area contributed by atoms with Gasteiger partial charge in [0.05, 0.1) is 9.77 Å². The first-order valence-corrected chi connectivity index (χ1v) is 12.5. The van der Waals surface area contributed by atoms with Gasteiger partial charge in [-0.1, -0.05) is 48.3 Å². The topological polar surface area (TPSA) is 88.3 Å². The molecule has 160 valence electrons. The molecule has 0 amide bonds. The van der Waals surface area contributed by atoms with Crippen LogP contribution in [0.15, 0.2) is 45.8 Å². The number of aryl methyl sites for hydroxylation is 1. The number of rotatable bonds is 7. The molecule has 1 saturated heterocycles. The minimum Gasteiger partial charge on any atom is -0.333 e. The second-order valence-electron chi connectivity index (χ2n) is 7.47. The molecule has 9 heteroatoms. The van der Waals surface area contributed by atoms with E-state index in [1.54, 1.807) is 13.0 Å². The minimum absolute atomic E-state index is 0.276. The third-order valence-electron chi connectivity index (χ3n) is 5.25. The lowest BCUT2D eigenvalue weighted by Gasteiger charge is -2.19. The van der Waals surface area contributed by atoms with Crippen molar-refractivity contribution in [2.24, 2.45) is 0 Å². The summed E-state index contributed by atoms with van der Waals surface area (Å²) in [6.07, 6.45) is 4.91. The highest BCUT2D eigenvalue weighted by atomic mass is 32.2. The number of thiophene rings is 1. The molecule has 7 nitrogen and oxygen atoms in total. The van der Waals surface area contributed by atoms with Crippen LogP contribution < -0.4 is 4.72 Å². The van der Waals surface area contributed by atoms with Gasteiger partial charge in [0.25, 0.3) is 5.89 Å². The van der Waals surface area contributed by atoms with Crippen molar-refractivity contribution in [3.8, 4) is 22.2 Å². The Labute approximate surface area is 181 Å². The third kappa shape index (κ3) is 4.97. The lowest BCUT2D eigenvalue weighted by Crippen LogP contribution is -2.35. The number of nitrogens with zero attached hydrogens (tertiary/aromatic N) is 3. The van der Waals surface area contributed by atoms with E-state index in [0.717, 1.165) is 25.2 Å². The molecule has 1 aromatic carbocycles. The Morgan fingerprint density at radius 3 is 2.60 bits per heavy atom. The number of hydrogen-bond acceptors (Lipinski definition) is 7. The number of sulfonamides is 1. The molecular formula is C21H26N4O3S2. The SMILES string of the molecule is Cc1sc(-c2nc(-c3ccccc3)no2)cc1S(=O)(=O)NCCN1CCCCCC1. The molecular weight excluding hydrogens is 420 g/mol. The number of hydrogen-bond donors (Lipinski definition) is 1. The first-order chi connectivity index (χ1) is 14.5. The minimum atomic E-state index is -3.59. The van der Waals surface area contributed by atoms with Crippen molar-refractivity contribution in [1.29, 1.82) is 0 Å². The van der Waals surface area contributed by atoms with E-state index in [1.165, 1.54) is 37.0 Å². The van der Waals surface area contributed by atoms with Crippen LogP contribution in [0, 0.1) is 6.92 Å². The van der Waals surface area contributed by atoms with Crippen molar-refractivity contribution >= 4 is 21.4 Å². The molecule has 4 rings (SSSR count). The fourth-order valence-electron chi connectivity index (χ4n) is 3.64. The average molecular weight is 447 g/mol. The molecule has 0 aliphatic carbocycles. The predicted molar refractivity (Wildman–Crippen MR) is 118 cm³/mol. The summed E-state index contributed by atoms with van der Waals surface area (Å²) in [5, 5.41) is 4.02. The van der Waals surface area contributed by atoms with Gasteiger partial charge in [0.15, 0.2) is 0 Å². The Balaban J connectivity index is 1.44. The van der Waals surface area contributed by atoms with Gasteiger partial charge in [0.1, 0.15) is 0 Å². The molecule has 1 fully saturated rings. The van der Waals surface area contributed by atoms with Crippen molar-refractivity contribution in [2.45, 2.75) is 37.5 Å². The van der Waals surface area contributed by atoms with Crippen molar-refractivity contribution in [3.05, 3.63) is 41.3 Å². The van der Waals surface area contributed by atoms with E-state index < -0.39 is 10.0 Å². The van der Waals surface area contributed by atoms with Crippen LogP contribution in [-0.4, -0.2) is 49.6 Å². The van der Waals surface area contributed by atoms with E-state index in [-0.39, 0.29) is 4.90 Å². The van der Waals surface area contributed by atoms with Crippen molar-refractivity contribution in [3.63, 3.8) is 0 Å². The van der Waals surface area contributed by atoms with E-state index in [2.05, 4.69) is 19.8 Å². The molecule has 0 saturated carbocycles. The number of benzene rings is 1. The zero-order chi connectivity index (χ0) is 21.0. The highest BCUT2D eigenvalue weighted by Gasteiger charge is 2.23. The van der Waals surface area contributed by atoms with Gasteiger partial charge in [-0.15, -0.1) is 11.3 Å². The van der Waals surface area contributed by atoms with Gasteiger partial charge in [0.2, 0.25) is 15.8 Å². The number of likely N-dealkylation sites (tertiary alicyclic amines) is 1. The maximum absolute atomic E-state index is 12.8. The van der Waals surface area contributed by atoms with Gasteiger partial charge in [-0.25, -0.2) is 13.1 Å². The summed E-state index contributed by atoms with van der Waals surface area (Å²) in [7, 11) is -3.59. The summed E-state index contributed by atoms with van der Waals surface area (Å²) in [5.41, 5.74) is 0.851. The summed E-state index contributed by atoms with van der Waals surface area (Å²) in [6.45, 7) is 5.03. The van der Waals surface area contributed by atoms with Crippen LogP contribution in [-0.2, 0) is 10.0 Å². The zero-order valence-corrected chi connectivity index (χ0v) is 18.6. The molecule has 30 heavy (non-hydrogen) atoms. The van der Waals surface area contributed by atoms with Gasteiger partial charge < -0.3 is 9.42 Å². The summed E-state index contributed by atoms with van der Waals surface area (Å²) >= 11 is 1.34. The summed E-state index contributed by atoms with van der Waals surface area (Å²) < 4.78 is 33.8. The maximum atomic E-state index is 12.8. The van der Waals surface area contributed by atoms with E-state index in [0.29, 0.717) is 28.0 Å². The average Bonchev–Trinajstić information content (AvgIpc) is 3.30. The van der Waals surface area contributed by atoms with Crippen molar-refractivity contribution < 1.29 is 12.9 Å². The van der Waals surface area contributed by atoms with Crippen LogP contribution in [0.3, 0.4) is 0 Å². The number of aromatic nitrogens is 2. The Bertz CT molecular complexity index is 1070. The van der Waals surface area contributed by atoms with Gasteiger partial charge in [-0.3, -0.25) is 0 Å². The predicted octanol–water partition coefficient (Wildman–Crippen LogP) is 3.93. The molecule has 1 aliphatic rings. The Hall–Kier alpha value is -2.07. The summed E-state index contributed by atoms with van der Waals surface area (Å²) in [6, 6.07) is 11.2. The molecule has 0 unspecified atom stereocenters. The molecule has 1 N–H and O–H groups in total. The first-order valence-electron chi connectivity index (χ1n) is 10.2. The van der Waals surface area contributed by atoms with Crippen LogP contribution in [0.2, 0.25) is 0 Å². The standard InChI is InChI=1S/C21H26N4O3S2/c1-16-19(30(26,27)22-11-14-25-12-7-2-3-8-13-25)15-18(29-16)21-23-20(24-28-21)17-9-5-4-6-10-17/h4-6,9-10,15,22H,2-3,7-8,11-14H2,1H3. The van der Waals surface area contributed by atoms with Crippen LogP contribution in [0.5, 0.6) is 0 Å². The first kappa shape index (κ1) is 21.2. The van der Waals surface area contributed by atoms with Gasteiger partial charge in [0, 0.05) is 23.5 Å². The van der Waals surface area contributed by atoms with Crippen molar-refractivity contribution in [1.82, 2.24) is 19.8 Å². The Kier molecular flexibility index (Phi) is 6.62. The quantitative estimate of drug-likeness (QED) is 0.592. The summed E-state index contributed by atoms with van der Waals surface area (Å²) in [5.74, 6) is 0.810. The molecule has 1 aliphatic heterocycles. The largest absolute Gasteiger partial charge is 0.333 e. The lowest BCUT2D eigenvalue weighted by atomic mass is 10.2. The van der Waals surface area contributed by atoms with Crippen LogP contribution >= 0.6 is 11.3 Å². The number of nitrogens with one attached hydrogen (secondary N) is 1. The van der Waals surface area contributed by atoms with Gasteiger partial charge >= 0.3 is 0 Å². The fourth-order valence-corrected chi connectivity index (χ4v) is 6.17. The Morgan fingerprint density at radius 2 is 1.87 bits per heavy atom. The normalized spacial score (nSPS) is 15.9. The van der Waals surface area contributed by atoms with Crippen molar-refractivity contribution in [2.75, 3.05) is 26.2 Å². The third-order valence-corrected chi connectivity index (χ3v) is 8.00. The van der Waals surface area contributed by atoms with E-state index in [4.69, 9.17) is 4.52 Å².